The highest BCUT2D eigenvalue weighted by Gasteiger charge is 2.20. The molecule has 0 aliphatic carbocycles. The van der Waals surface area contributed by atoms with E-state index in [-0.39, 0.29) is 25.6 Å². The molecule has 0 radical (unpaired) electrons. The molecule has 0 heterocycles. The maximum absolute atomic E-state index is 12.6. The molecule has 0 spiro atoms. The number of rotatable bonds is 16. The Labute approximate surface area is 255 Å². The lowest BCUT2D eigenvalue weighted by atomic mass is 9.81. The largest absolute Gasteiger partial charge is 0.490 e. The van der Waals surface area contributed by atoms with Crippen LogP contribution in [0.2, 0.25) is 5.02 Å². The van der Waals surface area contributed by atoms with Gasteiger partial charge in [0.1, 0.15) is 18.5 Å². The van der Waals surface area contributed by atoms with E-state index >= 15 is 0 Å². The Kier molecular flexibility index (Phi) is 14.6. The molecule has 0 saturated carbocycles. The zero-order chi connectivity index (χ0) is 30.5. The van der Waals surface area contributed by atoms with Crippen molar-refractivity contribution >= 4 is 40.9 Å². The van der Waals surface area contributed by atoms with Gasteiger partial charge in [-0.05, 0) is 78.6 Å². The van der Waals surface area contributed by atoms with E-state index in [1.165, 1.54) is 16.7 Å². The first-order chi connectivity index (χ1) is 19.4. The minimum Gasteiger partial charge on any atom is -0.490 e. The van der Waals surface area contributed by atoms with E-state index in [9.17, 15) is 9.59 Å². The summed E-state index contributed by atoms with van der Waals surface area (Å²) >= 11 is 7.58. The SMILES string of the molecule is C=C(C)C(=O)OCCCC(=O)OC(COc1ccc(C(=C(C(C)C)C(C)C)C(C)C)cc1)CSc1ccc(Cl)cc1. The van der Waals surface area contributed by atoms with E-state index in [1.807, 2.05) is 36.4 Å². The molecular weight excluding hydrogens is 556 g/mol. The summed E-state index contributed by atoms with van der Waals surface area (Å²) in [6, 6.07) is 15.7. The summed E-state index contributed by atoms with van der Waals surface area (Å²) in [6.45, 7) is 19.0. The molecular formula is C34H45ClO5S. The van der Waals surface area contributed by atoms with Gasteiger partial charge in [0.25, 0.3) is 0 Å². The van der Waals surface area contributed by atoms with Crippen molar-refractivity contribution in [3.05, 3.63) is 76.8 Å². The molecule has 0 fully saturated rings. The number of thioether (sulfide) groups is 1. The summed E-state index contributed by atoms with van der Waals surface area (Å²) in [5.41, 5.74) is 4.41. The van der Waals surface area contributed by atoms with E-state index < -0.39 is 12.1 Å². The normalized spacial score (nSPS) is 11.9. The summed E-state index contributed by atoms with van der Waals surface area (Å²) in [4.78, 5) is 25.2. The molecule has 224 valence electrons. The number of benzene rings is 2. The first-order valence-corrected chi connectivity index (χ1v) is 15.6. The molecule has 0 bridgehead atoms. The molecule has 2 rings (SSSR count). The lowest BCUT2D eigenvalue weighted by Gasteiger charge is -2.25. The minimum atomic E-state index is -0.472. The Morgan fingerprint density at radius 2 is 1.51 bits per heavy atom. The number of halogens is 1. The number of ether oxygens (including phenoxy) is 3. The Morgan fingerprint density at radius 1 is 0.902 bits per heavy atom. The molecule has 2 aromatic carbocycles. The van der Waals surface area contributed by atoms with Gasteiger partial charge in [0.2, 0.25) is 0 Å². The Hall–Kier alpha value is -2.70. The van der Waals surface area contributed by atoms with Gasteiger partial charge in [0.15, 0.2) is 0 Å². The highest BCUT2D eigenvalue weighted by Crippen LogP contribution is 2.35. The highest BCUT2D eigenvalue weighted by molar-refractivity contribution is 7.99. The first-order valence-electron chi connectivity index (χ1n) is 14.3. The maximum atomic E-state index is 12.6. The molecule has 0 aliphatic heterocycles. The molecule has 7 heteroatoms. The lowest BCUT2D eigenvalue weighted by molar-refractivity contribution is -0.150. The van der Waals surface area contributed by atoms with E-state index in [4.69, 9.17) is 25.8 Å². The smallest absolute Gasteiger partial charge is 0.333 e. The zero-order valence-electron chi connectivity index (χ0n) is 25.5. The van der Waals surface area contributed by atoms with Gasteiger partial charge < -0.3 is 14.2 Å². The molecule has 0 N–H and O–H groups in total. The highest BCUT2D eigenvalue weighted by atomic mass is 35.5. The molecule has 1 atom stereocenters. The average molecular weight is 601 g/mol. The van der Waals surface area contributed by atoms with Gasteiger partial charge in [-0.2, -0.15) is 0 Å². The van der Waals surface area contributed by atoms with Crippen LogP contribution in [0.15, 0.2) is 71.2 Å². The number of carbonyl (C=O) groups excluding carboxylic acids is 2. The van der Waals surface area contributed by atoms with Crippen LogP contribution in [0.25, 0.3) is 5.57 Å². The number of hydrogen-bond acceptors (Lipinski definition) is 6. The first kappa shape index (κ1) is 34.5. The van der Waals surface area contributed by atoms with Crippen molar-refractivity contribution in [2.75, 3.05) is 19.0 Å². The van der Waals surface area contributed by atoms with Crippen molar-refractivity contribution in [3.63, 3.8) is 0 Å². The fourth-order valence-electron chi connectivity index (χ4n) is 4.63. The number of carbonyl (C=O) groups is 2. The molecule has 0 aromatic heterocycles. The fourth-order valence-corrected chi connectivity index (χ4v) is 5.62. The van der Waals surface area contributed by atoms with Gasteiger partial charge in [0, 0.05) is 27.7 Å². The summed E-state index contributed by atoms with van der Waals surface area (Å²) < 4.78 is 16.9. The molecule has 41 heavy (non-hydrogen) atoms. The second-order valence-electron chi connectivity index (χ2n) is 11.1. The van der Waals surface area contributed by atoms with Crippen LogP contribution in [0.3, 0.4) is 0 Å². The van der Waals surface area contributed by atoms with E-state index in [0.29, 0.717) is 40.5 Å². The summed E-state index contributed by atoms with van der Waals surface area (Å²) in [7, 11) is 0. The standard InChI is InChI=1S/C34H45ClO5S/c1-22(2)32(23(3)4)33(24(5)6)26-11-15-28(16-12-26)39-20-29(21-41-30-17-13-27(35)14-18-30)40-31(36)10-9-19-38-34(37)25(7)8/h11-18,22-24,29H,7,9-10,19-21H2,1-6,8H3. The molecule has 0 amide bonds. The van der Waals surface area contributed by atoms with Crippen LogP contribution in [0, 0.1) is 17.8 Å². The number of hydrogen-bond donors (Lipinski definition) is 0. The fraction of sp³-hybridized carbons (Fsp3) is 0.471. The molecule has 0 saturated heterocycles. The van der Waals surface area contributed by atoms with Crippen LogP contribution in [-0.2, 0) is 19.1 Å². The van der Waals surface area contributed by atoms with Gasteiger partial charge in [-0.3, -0.25) is 4.79 Å². The van der Waals surface area contributed by atoms with Crippen LogP contribution >= 0.6 is 23.4 Å². The summed E-state index contributed by atoms with van der Waals surface area (Å²) in [6.07, 6.45) is 0.0384. The number of allylic oxidation sites excluding steroid dienone is 2. The van der Waals surface area contributed by atoms with Crippen molar-refractivity contribution in [1.29, 1.82) is 0 Å². The van der Waals surface area contributed by atoms with Crippen LogP contribution in [0.4, 0.5) is 0 Å². The van der Waals surface area contributed by atoms with E-state index in [0.717, 1.165) is 10.6 Å². The van der Waals surface area contributed by atoms with Crippen LogP contribution in [0.5, 0.6) is 5.75 Å². The van der Waals surface area contributed by atoms with Crippen molar-refractivity contribution in [2.45, 2.75) is 72.3 Å². The minimum absolute atomic E-state index is 0.135. The van der Waals surface area contributed by atoms with Gasteiger partial charge >= 0.3 is 11.9 Å². The predicted octanol–water partition coefficient (Wildman–Crippen LogP) is 9.04. The molecule has 1 unspecified atom stereocenters. The van der Waals surface area contributed by atoms with Crippen LogP contribution in [-0.4, -0.2) is 37.0 Å². The monoisotopic (exact) mass is 600 g/mol. The Bertz CT molecular complexity index is 1160. The predicted molar refractivity (Wildman–Crippen MR) is 170 cm³/mol. The second-order valence-corrected chi connectivity index (χ2v) is 12.6. The Balaban J connectivity index is 2.08. The van der Waals surface area contributed by atoms with Crippen molar-refractivity contribution in [1.82, 2.24) is 0 Å². The topological polar surface area (TPSA) is 61.8 Å². The zero-order valence-corrected chi connectivity index (χ0v) is 27.1. The number of esters is 2. The van der Waals surface area contributed by atoms with Gasteiger partial charge in [-0.1, -0.05) is 77.4 Å². The Morgan fingerprint density at radius 3 is 2.05 bits per heavy atom. The second kappa shape index (κ2) is 17.3. The van der Waals surface area contributed by atoms with Crippen molar-refractivity contribution < 1.29 is 23.8 Å². The van der Waals surface area contributed by atoms with Crippen molar-refractivity contribution in [3.8, 4) is 5.75 Å². The quantitative estimate of drug-likeness (QED) is 0.0829. The van der Waals surface area contributed by atoms with E-state index in [1.54, 1.807) is 18.7 Å². The van der Waals surface area contributed by atoms with Crippen LogP contribution in [0.1, 0.15) is 66.9 Å². The molecule has 0 aliphatic rings. The van der Waals surface area contributed by atoms with E-state index in [2.05, 4.69) is 60.3 Å². The average Bonchev–Trinajstić information content (AvgIpc) is 2.91. The summed E-state index contributed by atoms with van der Waals surface area (Å²) in [5, 5.41) is 0.667. The van der Waals surface area contributed by atoms with Gasteiger partial charge in [-0.25, -0.2) is 4.79 Å². The maximum Gasteiger partial charge on any atom is 0.333 e. The third kappa shape index (κ3) is 12.0. The molecule has 2 aromatic rings. The third-order valence-corrected chi connectivity index (χ3v) is 7.78. The lowest BCUT2D eigenvalue weighted by Crippen LogP contribution is -2.27. The van der Waals surface area contributed by atoms with Crippen molar-refractivity contribution in [2.24, 2.45) is 17.8 Å². The van der Waals surface area contributed by atoms with Crippen LogP contribution < -0.4 is 4.74 Å². The van der Waals surface area contributed by atoms with Gasteiger partial charge in [-0.15, -0.1) is 11.8 Å². The van der Waals surface area contributed by atoms with Gasteiger partial charge in [0.05, 0.1) is 6.61 Å². The third-order valence-electron chi connectivity index (χ3n) is 6.39. The molecule has 5 nitrogen and oxygen atoms in total. The summed E-state index contributed by atoms with van der Waals surface area (Å²) in [5.74, 6) is 1.75.